The molecule has 3 aromatic rings. The summed E-state index contributed by atoms with van der Waals surface area (Å²) in [4.78, 5) is 38.2. The van der Waals surface area contributed by atoms with Gasteiger partial charge in [-0.3, -0.25) is 4.79 Å². The maximum atomic E-state index is 14.9. The van der Waals surface area contributed by atoms with Crippen molar-refractivity contribution >= 4 is 29.4 Å². The van der Waals surface area contributed by atoms with Crippen LogP contribution >= 0.6 is 0 Å². The molecule has 1 aliphatic heterocycles. The molecule has 0 unspecified atom stereocenters. The maximum Gasteiger partial charge on any atom is 0.328 e. The van der Waals surface area contributed by atoms with Crippen LogP contribution in [0.2, 0.25) is 0 Å². The standard InChI is InChI=1S/C29H35F2N7O2/c1-17-10-11-18(26(39)34-16-29(2,3)4)14-19(17)23-20-15-33-28(40)38(24-21(30)8-7-9-22(24)31)25(20)36-27(35-23)32-12-13-37(5)6/h7-11,14H,12-13,15-16H2,1-6H3,(H,33,40)(H,34,39)(H,32,35,36). The Bertz CT molecular complexity index is 1420. The molecular formula is C29H35F2N7O2. The molecule has 3 amide bonds. The lowest BCUT2D eigenvalue weighted by atomic mass is 9.96. The van der Waals surface area contributed by atoms with Gasteiger partial charge in [0.15, 0.2) is 5.82 Å². The van der Waals surface area contributed by atoms with E-state index >= 15 is 0 Å². The molecular weight excluding hydrogens is 516 g/mol. The predicted molar refractivity (Wildman–Crippen MR) is 152 cm³/mol. The largest absolute Gasteiger partial charge is 0.353 e. The minimum atomic E-state index is -0.904. The molecule has 2 heterocycles. The van der Waals surface area contributed by atoms with Gasteiger partial charge in [-0.05, 0) is 56.3 Å². The summed E-state index contributed by atoms with van der Waals surface area (Å²) < 4.78 is 29.8. The zero-order valence-corrected chi connectivity index (χ0v) is 23.7. The summed E-state index contributed by atoms with van der Waals surface area (Å²) in [5.74, 6) is -1.79. The molecule has 4 rings (SSSR count). The first kappa shape index (κ1) is 28.9. The van der Waals surface area contributed by atoms with E-state index in [0.29, 0.717) is 42.0 Å². The number of carbonyl (C=O) groups excluding carboxylic acids is 2. The molecule has 9 nitrogen and oxygen atoms in total. The molecule has 0 atom stereocenters. The summed E-state index contributed by atoms with van der Waals surface area (Å²) in [6.07, 6.45) is 0. The average molecular weight is 552 g/mol. The SMILES string of the molecule is Cc1ccc(C(=O)NCC(C)(C)C)cc1-c1nc(NCCN(C)C)nc2c1CNC(=O)N2c1c(F)cccc1F. The molecule has 1 aliphatic rings. The van der Waals surface area contributed by atoms with Gasteiger partial charge < -0.3 is 20.9 Å². The summed E-state index contributed by atoms with van der Waals surface area (Å²) in [5, 5.41) is 8.81. The molecule has 0 bridgehead atoms. The Morgan fingerprint density at radius 2 is 1.82 bits per heavy atom. The van der Waals surface area contributed by atoms with Crippen LogP contribution in [-0.4, -0.2) is 60.5 Å². The van der Waals surface area contributed by atoms with Gasteiger partial charge in [0.25, 0.3) is 5.91 Å². The van der Waals surface area contributed by atoms with Crippen LogP contribution in [0.25, 0.3) is 11.3 Å². The summed E-state index contributed by atoms with van der Waals surface area (Å²) >= 11 is 0. The van der Waals surface area contributed by atoms with Crippen molar-refractivity contribution in [3.63, 3.8) is 0 Å². The number of para-hydroxylation sites is 1. The number of rotatable bonds is 8. The fourth-order valence-corrected chi connectivity index (χ4v) is 4.23. The van der Waals surface area contributed by atoms with Gasteiger partial charge in [-0.1, -0.05) is 32.9 Å². The number of urea groups is 1. The highest BCUT2D eigenvalue weighted by Gasteiger charge is 2.34. The second-order valence-corrected chi connectivity index (χ2v) is 11.3. The number of amides is 3. The van der Waals surface area contributed by atoms with Crippen LogP contribution < -0.4 is 20.9 Å². The molecule has 11 heteroatoms. The number of aryl methyl sites for hydroxylation is 1. The molecule has 0 fully saturated rings. The number of hydrogen-bond donors (Lipinski definition) is 3. The first-order valence-electron chi connectivity index (χ1n) is 13.1. The van der Waals surface area contributed by atoms with Crippen molar-refractivity contribution in [3.05, 3.63) is 64.7 Å². The molecule has 0 radical (unpaired) electrons. The predicted octanol–water partition coefficient (Wildman–Crippen LogP) is 4.84. The third-order valence-corrected chi connectivity index (χ3v) is 6.35. The summed E-state index contributed by atoms with van der Waals surface area (Å²) in [5.41, 5.74) is 2.20. The van der Waals surface area contributed by atoms with Crippen LogP contribution in [0, 0.1) is 24.0 Å². The van der Waals surface area contributed by atoms with E-state index in [1.807, 2.05) is 52.8 Å². The fraction of sp³-hybridized carbons (Fsp3) is 0.379. The second kappa shape index (κ2) is 11.5. The normalized spacial score (nSPS) is 13.2. The molecule has 0 saturated carbocycles. The van der Waals surface area contributed by atoms with E-state index < -0.39 is 23.4 Å². The van der Waals surface area contributed by atoms with E-state index in [2.05, 4.69) is 20.9 Å². The van der Waals surface area contributed by atoms with E-state index in [1.54, 1.807) is 12.1 Å². The van der Waals surface area contributed by atoms with Crippen LogP contribution in [0.5, 0.6) is 0 Å². The number of nitrogens with one attached hydrogen (secondary N) is 3. The van der Waals surface area contributed by atoms with Gasteiger partial charge in [0.05, 0.1) is 12.2 Å². The van der Waals surface area contributed by atoms with Crippen molar-refractivity contribution < 1.29 is 18.4 Å². The first-order valence-corrected chi connectivity index (χ1v) is 13.1. The molecule has 40 heavy (non-hydrogen) atoms. The number of benzene rings is 2. The van der Waals surface area contributed by atoms with Crippen LogP contribution in [-0.2, 0) is 6.54 Å². The Morgan fingerprint density at radius 3 is 2.48 bits per heavy atom. The lowest BCUT2D eigenvalue weighted by Gasteiger charge is -2.31. The highest BCUT2D eigenvalue weighted by molar-refractivity contribution is 6.02. The van der Waals surface area contributed by atoms with Crippen molar-refractivity contribution in [2.45, 2.75) is 34.2 Å². The van der Waals surface area contributed by atoms with Gasteiger partial charge in [0.2, 0.25) is 5.95 Å². The van der Waals surface area contributed by atoms with Crippen LogP contribution in [0.1, 0.15) is 42.3 Å². The highest BCUT2D eigenvalue weighted by atomic mass is 19.1. The van der Waals surface area contributed by atoms with Gasteiger partial charge in [0.1, 0.15) is 17.3 Å². The number of aromatic nitrogens is 2. The molecule has 3 N–H and O–H groups in total. The van der Waals surface area contributed by atoms with Gasteiger partial charge in [-0.2, -0.15) is 4.98 Å². The highest BCUT2D eigenvalue weighted by Crippen LogP contribution is 2.39. The number of nitrogens with zero attached hydrogens (tertiary/aromatic N) is 4. The Labute approximate surface area is 233 Å². The van der Waals surface area contributed by atoms with Gasteiger partial charge in [-0.15, -0.1) is 0 Å². The number of anilines is 3. The van der Waals surface area contributed by atoms with Crippen molar-refractivity contribution in [1.29, 1.82) is 0 Å². The van der Waals surface area contributed by atoms with E-state index in [-0.39, 0.29) is 29.6 Å². The summed E-state index contributed by atoms with van der Waals surface area (Å²) in [7, 11) is 3.85. The zero-order chi connectivity index (χ0) is 29.2. The van der Waals surface area contributed by atoms with Crippen molar-refractivity contribution in [2.24, 2.45) is 5.41 Å². The number of carbonyl (C=O) groups is 2. The number of hydrogen-bond acceptors (Lipinski definition) is 6. The Morgan fingerprint density at radius 1 is 1.12 bits per heavy atom. The van der Waals surface area contributed by atoms with Gasteiger partial charge in [0, 0.05) is 36.3 Å². The lowest BCUT2D eigenvalue weighted by Crippen LogP contribution is -2.43. The molecule has 212 valence electrons. The minimum Gasteiger partial charge on any atom is -0.353 e. The Hall–Kier alpha value is -4.12. The third-order valence-electron chi connectivity index (χ3n) is 6.35. The number of likely N-dealkylation sites (N-methyl/N-ethyl adjacent to an activating group) is 1. The number of halogens is 2. The molecule has 0 spiro atoms. The third kappa shape index (κ3) is 6.36. The van der Waals surface area contributed by atoms with Crippen LogP contribution in [0.3, 0.4) is 0 Å². The molecule has 1 aromatic heterocycles. The van der Waals surface area contributed by atoms with Crippen molar-refractivity contribution in [2.75, 3.05) is 43.9 Å². The van der Waals surface area contributed by atoms with E-state index in [9.17, 15) is 18.4 Å². The Kier molecular flexibility index (Phi) is 8.34. The lowest BCUT2D eigenvalue weighted by molar-refractivity contribution is 0.0939. The maximum absolute atomic E-state index is 14.9. The van der Waals surface area contributed by atoms with E-state index in [0.717, 1.165) is 22.6 Å². The van der Waals surface area contributed by atoms with Gasteiger partial charge in [-0.25, -0.2) is 23.5 Å². The van der Waals surface area contributed by atoms with Crippen LogP contribution in [0.15, 0.2) is 36.4 Å². The number of fused-ring (bicyclic) bond motifs is 1. The van der Waals surface area contributed by atoms with Crippen molar-refractivity contribution in [1.82, 2.24) is 25.5 Å². The average Bonchev–Trinajstić information content (AvgIpc) is 2.87. The zero-order valence-electron chi connectivity index (χ0n) is 23.7. The topological polar surface area (TPSA) is 102 Å². The monoisotopic (exact) mass is 551 g/mol. The fourth-order valence-electron chi connectivity index (χ4n) is 4.23. The summed E-state index contributed by atoms with van der Waals surface area (Å²) in [6.45, 7) is 9.67. The minimum absolute atomic E-state index is 0.0357. The second-order valence-electron chi connectivity index (χ2n) is 11.3. The summed E-state index contributed by atoms with van der Waals surface area (Å²) in [6, 6.07) is 7.99. The molecule has 0 aliphatic carbocycles. The Balaban J connectivity index is 1.87. The quantitative estimate of drug-likeness (QED) is 0.370. The first-order chi connectivity index (χ1) is 18.9. The van der Waals surface area contributed by atoms with Crippen molar-refractivity contribution in [3.8, 4) is 11.3 Å². The van der Waals surface area contributed by atoms with E-state index in [1.165, 1.54) is 6.07 Å². The molecule has 0 saturated heterocycles. The van der Waals surface area contributed by atoms with Crippen LogP contribution in [0.4, 0.5) is 31.0 Å². The van der Waals surface area contributed by atoms with E-state index in [4.69, 9.17) is 4.98 Å². The molecule has 2 aromatic carbocycles. The smallest absolute Gasteiger partial charge is 0.328 e. The van der Waals surface area contributed by atoms with Gasteiger partial charge >= 0.3 is 6.03 Å².